The fourth-order valence-electron chi connectivity index (χ4n) is 1.41. The van der Waals surface area contributed by atoms with Crippen LogP contribution < -0.4 is 4.46 Å². The topological polar surface area (TPSA) is 60.4 Å². The Hall–Kier alpha value is -1.10. The zero-order chi connectivity index (χ0) is 15.2. The summed E-state index contributed by atoms with van der Waals surface area (Å²) >= 11 is -0.512. The quantitative estimate of drug-likeness (QED) is 0.411. The summed E-state index contributed by atoms with van der Waals surface area (Å²) in [6.07, 6.45) is 0.362. The van der Waals surface area contributed by atoms with Crippen molar-refractivity contribution in [3.8, 4) is 0 Å². The number of hydrogen-bond donors (Lipinski definition) is 0. The minimum absolute atomic E-state index is 0.0727. The first-order valence-electron chi connectivity index (χ1n) is 6.02. The molecule has 0 radical (unpaired) electrons. The van der Waals surface area contributed by atoms with Gasteiger partial charge in [-0.3, -0.25) is 0 Å². The van der Waals surface area contributed by atoms with Crippen molar-refractivity contribution in [2.75, 3.05) is 12.9 Å². The van der Waals surface area contributed by atoms with E-state index < -0.39 is 34.9 Å². The average molecular weight is 361 g/mol. The molecule has 110 valence electrons. The molecule has 1 unspecified atom stereocenters. The van der Waals surface area contributed by atoms with Crippen LogP contribution in [0.3, 0.4) is 0 Å². The minimum atomic E-state index is -3.53. The van der Waals surface area contributed by atoms with Gasteiger partial charge in [0.2, 0.25) is 0 Å². The summed E-state index contributed by atoms with van der Waals surface area (Å²) in [7, 11) is -2.32. The number of methoxy groups -OCH3 is 1. The first kappa shape index (κ1) is 17.0. The molecule has 0 aliphatic heterocycles. The van der Waals surface area contributed by atoms with E-state index in [1.54, 1.807) is 6.92 Å². The average Bonchev–Trinajstić information content (AvgIpc) is 2.43. The van der Waals surface area contributed by atoms with Crippen LogP contribution in [0.2, 0.25) is 0 Å². The third-order valence-corrected chi connectivity index (χ3v) is 8.48. The van der Waals surface area contributed by atoms with Gasteiger partial charge in [0.15, 0.2) is 0 Å². The SMILES string of the molecule is C=C(C)CCS(=O)(=O)C([Se]c1ccccc1)C(=O)OC. The predicted molar refractivity (Wildman–Crippen MR) is 80.9 cm³/mol. The second-order valence-electron chi connectivity index (χ2n) is 4.36. The standard InChI is InChI=1S/C14H18O4SSe/c1-11(2)9-10-19(16,17)14(13(15)18-3)20-12-7-5-4-6-8-12/h4-8,14H,1,9-10H2,2-3H3. The van der Waals surface area contributed by atoms with Crippen LogP contribution in [0.25, 0.3) is 0 Å². The van der Waals surface area contributed by atoms with Crippen LogP contribution in [0.1, 0.15) is 13.3 Å². The van der Waals surface area contributed by atoms with E-state index in [1.165, 1.54) is 7.11 Å². The van der Waals surface area contributed by atoms with E-state index in [-0.39, 0.29) is 5.75 Å². The van der Waals surface area contributed by atoms with Crippen LogP contribution in [0, 0.1) is 0 Å². The Labute approximate surface area is 126 Å². The molecule has 6 heteroatoms. The van der Waals surface area contributed by atoms with Crippen LogP contribution in [0.5, 0.6) is 0 Å². The molecule has 0 bridgehead atoms. The van der Waals surface area contributed by atoms with E-state index in [0.717, 1.165) is 10.0 Å². The zero-order valence-electron chi connectivity index (χ0n) is 11.5. The van der Waals surface area contributed by atoms with Gasteiger partial charge in [-0.2, -0.15) is 0 Å². The Balaban J connectivity index is 2.95. The third kappa shape index (κ3) is 5.12. The van der Waals surface area contributed by atoms with Crippen molar-refractivity contribution in [2.24, 2.45) is 0 Å². The molecule has 0 aliphatic carbocycles. The van der Waals surface area contributed by atoms with Crippen LogP contribution in [0.4, 0.5) is 0 Å². The summed E-state index contributed by atoms with van der Waals surface area (Å²) in [6, 6.07) is 9.15. The van der Waals surface area contributed by atoms with Crippen molar-refractivity contribution < 1.29 is 17.9 Å². The molecule has 4 nitrogen and oxygen atoms in total. The van der Waals surface area contributed by atoms with Crippen molar-refractivity contribution in [1.29, 1.82) is 0 Å². The van der Waals surface area contributed by atoms with Crippen LogP contribution in [0.15, 0.2) is 42.5 Å². The Morgan fingerprint density at radius 1 is 1.35 bits per heavy atom. The van der Waals surface area contributed by atoms with Crippen LogP contribution >= 0.6 is 0 Å². The first-order valence-corrected chi connectivity index (χ1v) is 9.58. The Morgan fingerprint density at radius 3 is 2.45 bits per heavy atom. The molecule has 0 aliphatic rings. The van der Waals surface area contributed by atoms with Crippen molar-refractivity contribution in [2.45, 2.75) is 17.5 Å². The van der Waals surface area contributed by atoms with E-state index in [2.05, 4.69) is 11.3 Å². The van der Waals surface area contributed by atoms with Crippen molar-refractivity contribution in [1.82, 2.24) is 0 Å². The summed E-state index contributed by atoms with van der Waals surface area (Å²) in [5.74, 6) is -0.757. The van der Waals surface area contributed by atoms with Gasteiger partial charge >= 0.3 is 126 Å². The second-order valence-corrected chi connectivity index (χ2v) is 9.71. The molecule has 1 aromatic carbocycles. The molecule has 1 atom stereocenters. The molecule has 20 heavy (non-hydrogen) atoms. The fraction of sp³-hybridized carbons (Fsp3) is 0.357. The molecule has 1 rings (SSSR count). The first-order chi connectivity index (χ1) is 9.36. The zero-order valence-corrected chi connectivity index (χ0v) is 14.1. The Bertz CT molecular complexity index is 566. The number of ether oxygens (including phenoxy) is 1. The van der Waals surface area contributed by atoms with Gasteiger partial charge in [-0.15, -0.1) is 0 Å². The number of rotatable bonds is 7. The molecular formula is C14H18O4SSe. The maximum absolute atomic E-state index is 12.3. The summed E-state index contributed by atoms with van der Waals surface area (Å²) in [6.45, 7) is 5.46. The van der Waals surface area contributed by atoms with Gasteiger partial charge in [-0.1, -0.05) is 0 Å². The molecule has 0 N–H and O–H groups in total. The van der Waals surface area contributed by atoms with Crippen LogP contribution in [-0.4, -0.2) is 46.4 Å². The van der Waals surface area contributed by atoms with E-state index >= 15 is 0 Å². The summed E-state index contributed by atoms with van der Waals surface area (Å²) in [5, 5.41) is 0. The monoisotopic (exact) mass is 362 g/mol. The molecule has 0 fully saturated rings. The molecular weight excluding hydrogens is 343 g/mol. The molecule has 0 aromatic heterocycles. The normalized spacial score (nSPS) is 12.7. The fourth-order valence-corrected chi connectivity index (χ4v) is 6.48. The second kappa shape index (κ2) is 7.62. The third-order valence-electron chi connectivity index (χ3n) is 2.52. The van der Waals surface area contributed by atoms with E-state index in [9.17, 15) is 13.2 Å². The van der Waals surface area contributed by atoms with Gasteiger partial charge < -0.3 is 0 Å². The number of allylic oxidation sites excluding steroid dienone is 1. The Kier molecular flexibility index (Phi) is 6.46. The molecule has 0 heterocycles. The number of esters is 1. The number of carbonyl (C=O) groups is 1. The molecule has 0 amide bonds. The maximum atomic E-state index is 12.3. The number of carbonyl (C=O) groups excluding carboxylic acids is 1. The molecule has 1 aromatic rings. The van der Waals surface area contributed by atoms with Crippen molar-refractivity contribution in [3.05, 3.63) is 42.5 Å². The summed E-state index contributed by atoms with van der Waals surface area (Å²) in [5.41, 5.74) is 0.782. The Morgan fingerprint density at radius 2 is 1.95 bits per heavy atom. The van der Waals surface area contributed by atoms with Gasteiger partial charge in [-0.05, 0) is 0 Å². The van der Waals surface area contributed by atoms with Crippen LogP contribution in [-0.2, 0) is 19.4 Å². The van der Waals surface area contributed by atoms with E-state index in [4.69, 9.17) is 0 Å². The number of hydrogen-bond acceptors (Lipinski definition) is 4. The van der Waals surface area contributed by atoms with E-state index in [0.29, 0.717) is 6.42 Å². The van der Waals surface area contributed by atoms with Gasteiger partial charge in [-0.25, -0.2) is 0 Å². The van der Waals surface area contributed by atoms with Gasteiger partial charge in [0, 0.05) is 0 Å². The van der Waals surface area contributed by atoms with Gasteiger partial charge in [0.1, 0.15) is 0 Å². The predicted octanol–water partition coefficient (Wildman–Crippen LogP) is 0.896. The van der Waals surface area contributed by atoms with Crippen molar-refractivity contribution >= 4 is 35.2 Å². The van der Waals surface area contributed by atoms with Gasteiger partial charge in [0.25, 0.3) is 0 Å². The number of benzene rings is 1. The molecule has 0 spiro atoms. The van der Waals surface area contributed by atoms with E-state index in [1.807, 2.05) is 30.3 Å². The van der Waals surface area contributed by atoms with Gasteiger partial charge in [0.05, 0.1) is 0 Å². The molecule has 0 saturated carbocycles. The summed E-state index contributed by atoms with van der Waals surface area (Å²) < 4.78 is 29.0. The molecule has 0 saturated heterocycles. The number of sulfone groups is 1. The summed E-state index contributed by atoms with van der Waals surface area (Å²) in [4.78, 5) is 11.8. The van der Waals surface area contributed by atoms with Crippen molar-refractivity contribution in [3.63, 3.8) is 0 Å².